The van der Waals surface area contributed by atoms with Gasteiger partial charge in [-0.2, -0.15) is 0 Å². The molecule has 5 nitrogen and oxygen atoms in total. The second kappa shape index (κ2) is 5.96. The summed E-state index contributed by atoms with van der Waals surface area (Å²) in [6.07, 6.45) is 1.66. The highest BCUT2D eigenvalue weighted by Crippen LogP contribution is 2.18. The molecule has 0 saturated carbocycles. The fourth-order valence-corrected chi connectivity index (χ4v) is 2.79. The van der Waals surface area contributed by atoms with Gasteiger partial charge in [0.1, 0.15) is 11.3 Å². The van der Waals surface area contributed by atoms with Crippen LogP contribution in [0.1, 0.15) is 21.6 Å². The van der Waals surface area contributed by atoms with E-state index in [0.717, 1.165) is 5.56 Å². The zero-order chi connectivity index (χ0) is 16.6. The number of pyridine rings is 1. The lowest BCUT2D eigenvalue weighted by Gasteiger charge is -2.10. The number of aryl methyl sites for hydroxylation is 2. The van der Waals surface area contributed by atoms with E-state index in [1.165, 1.54) is 4.40 Å². The third-order valence-corrected chi connectivity index (χ3v) is 4.22. The third kappa shape index (κ3) is 2.90. The maximum atomic E-state index is 12.6. The van der Waals surface area contributed by atoms with Crippen LogP contribution in [-0.2, 0) is 0 Å². The number of carbonyl (C=O) groups is 1. The average Bonchev–Trinajstić information content (AvgIpc) is 2.51. The number of benzene rings is 1. The lowest BCUT2D eigenvalue weighted by molar-refractivity contribution is 0.102. The summed E-state index contributed by atoms with van der Waals surface area (Å²) in [7, 11) is 0. The molecule has 0 spiro atoms. The minimum atomic E-state index is -0.355. The first kappa shape index (κ1) is 15.4. The first-order chi connectivity index (χ1) is 11.0. The summed E-state index contributed by atoms with van der Waals surface area (Å²) in [5.41, 5.74) is 2.41. The summed E-state index contributed by atoms with van der Waals surface area (Å²) in [5, 5.41) is 2.68. The Balaban J connectivity index is 2.07. The zero-order valence-electron chi connectivity index (χ0n) is 12.6. The van der Waals surface area contributed by atoms with Crippen LogP contribution in [0.3, 0.4) is 0 Å². The SMILES string of the molecule is Cc1ccn2c(=O)c(NC(=O)c3ccccc3Br)c(C)nc2c1. The summed E-state index contributed by atoms with van der Waals surface area (Å²) >= 11 is 3.34. The molecule has 0 radical (unpaired) electrons. The average molecular weight is 372 g/mol. The molecule has 0 atom stereocenters. The Morgan fingerprint density at radius 1 is 1.22 bits per heavy atom. The van der Waals surface area contributed by atoms with E-state index in [9.17, 15) is 9.59 Å². The predicted octanol–water partition coefficient (Wildman–Crippen LogP) is 3.33. The van der Waals surface area contributed by atoms with Crippen molar-refractivity contribution >= 4 is 33.2 Å². The molecular weight excluding hydrogens is 358 g/mol. The number of fused-ring (bicyclic) bond motifs is 1. The van der Waals surface area contributed by atoms with E-state index in [0.29, 0.717) is 21.4 Å². The van der Waals surface area contributed by atoms with Crippen molar-refractivity contribution in [3.05, 3.63) is 74.2 Å². The summed E-state index contributed by atoms with van der Waals surface area (Å²) < 4.78 is 2.09. The van der Waals surface area contributed by atoms with Gasteiger partial charge in [-0.1, -0.05) is 12.1 Å². The van der Waals surface area contributed by atoms with Crippen molar-refractivity contribution in [1.29, 1.82) is 0 Å². The summed E-state index contributed by atoms with van der Waals surface area (Å²) in [6.45, 7) is 3.64. The van der Waals surface area contributed by atoms with Gasteiger partial charge in [0.15, 0.2) is 0 Å². The molecule has 1 N–H and O–H groups in total. The van der Waals surface area contributed by atoms with Crippen LogP contribution < -0.4 is 10.9 Å². The van der Waals surface area contributed by atoms with Crippen molar-refractivity contribution in [2.24, 2.45) is 0 Å². The highest BCUT2D eigenvalue weighted by Gasteiger charge is 2.15. The molecule has 116 valence electrons. The Morgan fingerprint density at radius 3 is 2.70 bits per heavy atom. The molecule has 0 aliphatic carbocycles. The Hall–Kier alpha value is -2.47. The van der Waals surface area contributed by atoms with Gasteiger partial charge in [0, 0.05) is 10.7 Å². The fourth-order valence-electron chi connectivity index (χ4n) is 2.32. The Bertz CT molecular complexity index is 979. The standard InChI is InChI=1S/C17H14BrN3O2/c1-10-7-8-21-14(9-10)19-11(2)15(17(21)23)20-16(22)12-5-3-4-6-13(12)18/h3-9H,1-2H3,(H,20,22). The number of carbonyl (C=O) groups excluding carboxylic acids is 1. The molecule has 23 heavy (non-hydrogen) atoms. The predicted molar refractivity (Wildman–Crippen MR) is 93.0 cm³/mol. The van der Waals surface area contributed by atoms with Gasteiger partial charge < -0.3 is 5.32 Å². The van der Waals surface area contributed by atoms with E-state index < -0.39 is 0 Å². The molecule has 1 aromatic carbocycles. The first-order valence-electron chi connectivity index (χ1n) is 7.03. The van der Waals surface area contributed by atoms with Crippen molar-refractivity contribution in [3.63, 3.8) is 0 Å². The molecular formula is C17H14BrN3O2. The van der Waals surface area contributed by atoms with E-state index in [1.54, 1.807) is 31.3 Å². The van der Waals surface area contributed by atoms with E-state index in [1.807, 2.05) is 25.1 Å². The summed E-state index contributed by atoms with van der Waals surface area (Å²) in [5.74, 6) is -0.355. The number of hydrogen-bond acceptors (Lipinski definition) is 3. The van der Waals surface area contributed by atoms with Gasteiger partial charge in [-0.05, 0) is 59.6 Å². The number of nitrogens with zero attached hydrogens (tertiary/aromatic N) is 2. The van der Waals surface area contributed by atoms with Crippen LogP contribution in [0.25, 0.3) is 5.65 Å². The maximum absolute atomic E-state index is 12.6. The Morgan fingerprint density at radius 2 is 1.96 bits per heavy atom. The number of nitrogens with one attached hydrogen (secondary N) is 1. The van der Waals surface area contributed by atoms with E-state index in [-0.39, 0.29) is 17.2 Å². The van der Waals surface area contributed by atoms with Gasteiger partial charge >= 0.3 is 0 Å². The molecule has 0 aliphatic heterocycles. The molecule has 0 fully saturated rings. The molecule has 3 aromatic rings. The molecule has 0 aliphatic rings. The van der Waals surface area contributed by atoms with E-state index in [4.69, 9.17) is 0 Å². The molecule has 6 heteroatoms. The number of aromatic nitrogens is 2. The van der Waals surface area contributed by atoms with Gasteiger partial charge in [-0.25, -0.2) is 4.98 Å². The van der Waals surface area contributed by atoms with E-state index in [2.05, 4.69) is 26.2 Å². The van der Waals surface area contributed by atoms with Gasteiger partial charge in [0.25, 0.3) is 11.5 Å². The third-order valence-electron chi connectivity index (χ3n) is 3.52. The highest BCUT2D eigenvalue weighted by atomic mass is 79.9. The highest BCUT2D eigenvalue weighted by molar-refractivity contribution is 9.10. The first-order valence-corrected chi connectivity index (χ1v) is 7.82. The number of hydrogen-bond donors (Lipinski definition) is 1. The molecule has 0 saturated heterocycles. The topological polar surface area (TPSA) is 63.5 Å². The van der Waals surface area contributed by atoms with Crippen molar-refractivity contribution < 1.29 is 4.79 Å². The normalized spacial score (nSPS) is 10.7. The number of halogens is 1. The number of rotatable bonds is 2. The molecule has 1 amide bonds. The summed E-state index contributed by atoms with van der Waals surface area (Å²) in [4.78, 5) is 29.4. The zero-order valence-corrected chi connectivity index (χ0v) is 14.2. The lowest BCUT2D eigenvalue weighted by atomic mass is 10.2. The van der Waals surface area contributed by atoms with Crippen LogP contribution in [-0.4, -0.2) is 15.3 Å². The van der Waals surface area contributed by atoms with Crippen molar-refractivity contribution in [2.75, 3.05) is 5.32 Å². The van der Waals surface area contributed by atoms with Crippen LogP contribution >= 0.6 is 15.9 Å². The second-order valence-electron chi connectivity index (χ2n) is 5.24. The van der Waals surface area contributed by atoms with Crippen molar-refractivity contribution in [3.8, 4) is 0 Å². The largest absolute Gasteiger partial charge is 0.316 e. The number of amides is 1. The minimum absolute atomic E-state index is 0.187. The van der Waals surface area contributed by atoms with Crippen LogP contribution in [0, 0.1) is 13.8 Å². The van der Waals surface area contributed by atoms with Gasteiger partial charge in [-0.3, -0.25) is 14.0 Å². The monoisotopic (exact) mass is 371 g/mol. The lowest BCUT2D eigenvalue weighted by Crippen LogP contribution is -2.25. The minimum Gasteiger partial charge on any atom is -0.316 e. The van der Waals surface area contributed by atoms with Gasteiger partial charge in [-0.15, -0.1) is 0 Å². The Kier molecular flexibility index (Phi) is 4.00. The van der Waals surface area contributed by atoms with Gasteiger partial charge in [0.05, 0.1) is 11.3 Å². The number of anilines is 1. The van der Waals surface area contributed by atoms with Crippen LogP contribution in [0.4, 0.5) is 5.69 Å². The molecule has 0 bridgehead atoms. The summed E-state index contributed by atoms with van der Waals surface area (Å²) in [6, 6.07) is 10.7. The van der Waals surface area contributed by atoms with Crippen LogP contribution in [0.2, 0.25) is 0 Å². The molecule has 0 unspecified atom stereocenters. The second-order valence-corrected chi connectivity index (χ2v) is 6.10. The quantitative estimate of drug-likeness (QED) is 0.751. The maximum Gasteiger partial charge on any atom is 0.281 e. The van der Waals surface area contributed by atoms with Crippen molar-refractivity contribution in [2.45, 2.75) is 13.8 Å². The van der Waals surface area contributed by atoms with Gasteiger partial charge in [0.2, 0.25) is 0 Å². The Labute approximate surface area is 141 Å². The molecule has 3 rings (SSSR count). The van der Waals surface area contributed by atoms with Crippen molar-refractivity contribution in [1.82, 2.24) is 9.38 Å². The fraction of sp³-hybridized carbons (Fsp3) is 0.118. The molecule has 2 aromatic heterocycles. The molecule has 2 heterocycles. The van der Waals surface area contributed by atoms with Crippen LogP contribution in [0.15, 0.2) is 51.9 Å². The van der Waals surface area contributed by atoms with Crippen LogP contribution in [0.5, 0.6) is 0 Å². The smallest absolute Gasteiger partial charge is 0.281 e. The van der Waals surface area contributed by atoms with E-state index >= 15 is 0 Å².